The lowest BCUT2D eigenvalue weighted by atomic mass is 9.70. The highest BCUT2D eigenvalue weighted by atomic mass is 16.5. The Kier molecular flexibility index (Phi) is 6.70. The monoisotopic (exact) mass is 540 g/mol. The summed E-state index contributed by atoms with van der Waals surface area (Å²) in [6.45, 7) is 8.02. The van der Waals surface area contributed by atoms with Gasteiger partial charge in [0.05, 0.1) is 25.7 Å². The van der Waals surface area contributed by atoms with Crippen LogP contribution >= 0.6 is 0 Å². The normalized spacial score (nSPS) is 18.4. The number of hydrogen-bond acceptors (Lipinski definition) is 8. The van der Waals surface area contributed by atoms with Crippen molar-refractivity contribution in [2.75, 3.05) is 14.2 Å². The Morgan fingerprint density at radius 1 is 1.05 bits per heavy atom. The predicted molar refractivity (Wildman–Crippen MR) is 151 cm³/mol. The molecule has 8 nitrogen and oxygen atoms in total. The molecule has 8 heteroatoms. The van der Waals surface area contributed by atoms with Crippen molar-refractivity contribution >= 4 is 16.8 Å². The zero-order valence-electron chi connectivity index (χ0n) is 23.5. The highest BCUT2D eigenvalue weighted by Gasteiger charge is 2.43. The van der Waals surface area contributed by atoms with E-state index < -0.39 is 11.5 Å². The lowest BCUT2D eigenvalue weighted by molar-refractivity contribution is -0.119. The molecule has 2 N–H and O–H groups in total. The number of allylic oxidation sites excluding steroid dienone is 3. The standard InChI is InChI=1S/C32H32N2O6/c1-16(2)20-10-18(27-22(15-33)30(34)39-26-14-32(3,4)13-23(35)28(26)27)9-19-11-21(31(36)40-29(19)20)17-7-8-24(37-5)25(12-17)38-6/h7-12,16,27H,13-14,34H2,1-6H3. The van der Waals surface area contributed by atoms with Gasteiger partial charge in [-0.3, -0.25) is 4.79 Å². The third kappa shape index (κ3) is 4.51. The first-order chi connectivity index (χ1) is 19.0. The molecular formula is C32H32N2O6. The van der Waals surface area contributed by atoms with E-state index in [-0.39, 0.29) is 28.6 Å². The van der Waals surface area contributed by atoms with Crippen molar-refractivity contribution in [1.82, 2.24) is 0 Å². The molecule has 206 valence electrons. The van der Waals surface area contributed by atoms with Crippen molar-refractivity contribution in [3.8, 4) is 28.7 Å². The number of nitrogens with two attached hydrogens (primary N) is 1. The van der Waals surface area contributed by atoms with Gasteiger partial charge in [0.25, 0.3) is 0 Å². The average molecular weight is 541 g/mol. The molecule has 2 aliphatic rings. The molecule has 1 atom stereocenters. The van der Waals surface area contributed by atoms with Gasteiger partial charge in [0, 0.05) is 23.8 Å². The molecule has 1 aliphatic heterocycles. The number of nitrogens with zero attached hydrogens (tertiary/aromatic N) is 1. The zero-order valence-corrected chi connectivity index (χ0v) is 23.5. The Labute approximate surface area is 232 Å². The SMILES string of the molecule is COc1ccc(-c2cc3cc(C4C(C#N)=C(N)OC5=C4C(=O)CC(C)(C)C5)cc(C(C)C)c3oc2=O)cc1OC. The van der Waals surface area contributed by atoms with E-state index in [1.54, 1.807) is 31.4 Å². The molecule has 2 aromatic carbocycles. The van der Waals surface area contributed by atoms with E-state index >= 15 is 0 Å². The van der Waals surface area contributed by atoms with Gasteiger partial charge >= 0.3 is 5.63 Å². The molecule has 1 aromatic heterocycles. The van der Waals surface area contributed by atoms with Crippen LogP contribution in [-0.4, -0.2) is 20.0 Å². The highest BCUT2D eigenvalue weighted by Crippen LogP contribution is 2.48. The molecule has 2 heterocycles. The summed E-state index contributed by atoms with van der Waals surface area (Å²) in [5.41, 5.74) is 9.05. The van der Waals surface area contributed by atoms with Crippen LogP contribution in [0.4, 0.5) is 0 Å². The molecule has 0 spiro atoms. The molecule has 0 amide bonds. The smallest absolute Gasteiger partial charge is 0.344 e. The van der Waals surface area contributed by atoms with E-state index in [0.717, 1.165) is 5.56 Å². The molecule has 0 radical (unpaired) electrons. The molecule has 1 aliphatic carbocycles. The van der Waals surface area contributed by atoms with Crippen LogP contribution < -0.4 is 20.8 Å². The van der Waals surface area contributed by atoms with Gasteiger partial charge in [0.1, 0.15) is 23.0 Å². The summed E-state index contributed by atoms with van der Waals surface area (Å²) in [4.78, 5) is 26.7. The van der Waals surface area contributed by atoms with Crippen LogP contribution in [0.2, 0.25) is 0 Å². The molecule has 5 rings (SSSR count). The van der Waals surface area contributed by atoms with Gasteiger partial charge in [-0.25, -0.2) is 4.79 Å². The summed E-state index contributed by atoms with van der Waals surface area (Å²) in [6.07, 6.45) is 0.875. The molecule has 1 unspecified atom stereocenters. The molecule has 0 saturated heterocycles. The summed E-state index contributed by atoms with van der Waals surface area (Å²) in [6, 6.07) is 13.0. The minimum absolute atomic E-state index is 0.00792. The van der Waals surface area contributed by atoms with E-state index in [1.165, 1.54) is 7.11 Å². The van der Waals surface area contributed by atoms with Gasteiger partial charge < -0.3 is 24.4 Å². The average Bonchev–Trinajstić information content (AvgIpc) is 2.90. The molecule has 0 saturated carbocycles. The number of ketones is 1. The Morgan fingerprint density at radius 3 is 2.42 bits per heavy atom. The summed E-state index contributed by atoms with van der Waals surface area (Å²) < 4.78 is 22.5. The lowest BCUT2D eigenvalue weighted by Gasteiger charge is -2.37. The molecular weight excluding hydrogens is 508 g/mol. The first kappa shape index (κ1) is 27.1. The second-order valence-corrected chi connectivity index (χ2v) is 11.4. The Balaban J connectivity index is 1.76. The quantitative estimate of drug-likeness (QED) is 0.388. The van der Waals surface area contributed by atoms with Crippen LogP contribution in [0.15, 0.2) is 68.4 Å². The predicted octanol–water partition coefficient (Wildman–Crippen LogP) is 6.05. The fourth-order valence-corrected chi connectivity index (χ4v) is 5.70. The number of carbonyl (C=O) groups excluding carboxylic acids is 1. The van der Waals surface area contributed by atoms with Crippen molar-refractivity contribution < 1.29 is 23.4 Å². The first-order valence-electron chi connectivity index (χ1n) is 13.2. The largest absolute Gasteiger partial charge is 0.493 e. The number of ether oxygens (including phenoxy) is 3. The Morgan fingerprint density at radius 2 is 1.77 bits per heavy atom. The fraction of sp³-hybridized carbons (Fsp3) is 0.344. The third-order valence-corrected chi connectivity index (χ3v) is 7.61. The van der Waals surface area contributed by atoms with Crippen LogP contribution in [-0.2, 0) is 9.53 Å². The summed E-state index contributed by atoms with van der Waals surface area (Å²) in [7, 11) is 3.07. The van der Waals surface area contributed by atoms with Crippen LogP contribution in [0.3, 0.4) is 0 Å². The number of Topliss-reactive ketones (excluding diaryl/α,β-unsaturated/α-hetero) is 1. The minimum Gasteiger partial charge on any atom is -0.493 e. The topological polar surface area (TPSA) is 125 Å². The van der Waals surface area contributed by atoms with E-state index in [4.69, 9.17) is 24.4 Å². The van der Waals surface area contributed by atoms with Crippen molar-refractivity contribution in [2.45, 2.75) is 52.4 Å². The maximum absolute atomic E-state index is 13.5. The van der Waals surface area contributed by atoms with Gasteiger partial charge in [-0.2, -0.15) is 5.26 Å². The number of carbonyl (C=O) groups is 1. The Bertz CT molecular complexity index is 1720. The number of methoxy groups -OCH3 is 2. The number of rotatable bonds is 5. The maximum Gasteiger partial charge on any atom is 0.344 e. The zero-order chi connectivity index (χ0) is 28.9. The van der Waals surface area contributed by atoms with Gasteiger partial charge in [-0.15, -0.1) is 0 Å². The van der Waals surface area contributed by atoms with Crippen molar-refractivity contribution in [3.63, 3.8) is 0 Å². The van der Waals surface area contributed by atoms with Gasteiger partial charge in [-0.05, 0) is 52.3 Å². The third-order valence-electron chi connectivity index (χ3n) is 7.61. The number of benzene rings is 2. The van der Waals surface area contributed by atoms with E-state index in [2.05, 4.69) is 6.07 Å². The summed E-state index contributed by atoms with van der Waals surface area (Å²) in [5, 5.41) is 10.8. The lowest BCUT2D eigenvalue weighted by Crippen LogP contribution is -2.33. The second kappa shape index (κ2) is 9.91. The van der Waals surface area contributed by atoms with Gasteiger partial charge in [0.2, 0.25) is 5.88 Å². The Hall–Kier alpha value is -4.51. The summed E-state index contributed by atoms with van der Waals surface area (Å²) >= 11 is 0. The van der Waals surface area contributed by atoms with Gasteiger partial charge in [0.15, 0.2) is 17.3 Å². The van der Waals surface area contributed by atoms with Crippen LogP contribution in [0, 0.1) is 16.7 Å². The van der Waals surface area contributed by atoms with E-state index in [9.17, 15) is 14.9 Å². The van der Waals surface area contributed by atoms with Crippen LogP contribution in [0.25, 0.3) is 22.1 Å². The second-order valence-electron chi connectivity index (χ2n) is 11.4. The highest BCUT2D eigenvalue weighted by molar-refractivity contribution is 6.00. The van der Waals surface area contributed by atoms with Crippen LogP contribution in [0.1, 0.15) is 63.5 Å². The molecule has 0 bridgehead atoms. The van der Waals surface area contributed by atoms with Gasteiger partial charge in [-0.1, -0.05) is 39.8 Å². The molecule has 40 heavy (non-hydrogen) atoms. The number of nitriles is 1. The number of fused-ring (bicyclic) bond motifs is 1. The van der Waals surface area contributed by atoms with E-state index in [1.807, 2.05) is 39.8 Å². The molecule has 0 fully saturated rings. The van der Waals surface area contributed by atoms with Crippen molar-refractivity contribution in [2.24, 2.45) is 11.1 Å². The maximum atomic E-state index is 13.5. The summed E-state index contributed by atoms with van der Waals surface area (Å²) in [5.74, 6) is 0.782. The number of hydrogen-bond donors (Lipinski definition) is 1. The van der Waals surface area contributed by atoms with E-state index in [0.29, 0.717) is 63.3 Å². The minimum atomic E-state index is -0.685. The van der Waals surface area contributed by atoms with Crippen molar-refractivity contribution in [3.05, 3.63) is 80.7 Å². The first-order valence-corrected chi connectivity index (χ1v) is 13.2. The van der Waals surface area contributed by atoms with Crippen molar-refractivity contribution in [1.29, 1.82) is 5.26 Å². The fourth-order valence-electron chi connectivity index (χ4n) is 5.70. The molecule has 3 aromatic rings. The van der Waals surface area contributed by atoms with Crippen LogP contribution in [0.5, 0.6) is 11.5 Å².